The standard InChI is InChI=1S/C11H11FN4O2S2/c1-16-5-9(14-6-16)20(17,18)15-8-4-2-3-7(12)10(8)11(13)19/h2-6,15H,1H3,(H2,13,19). The summed E-state index contributed by atoms with van der Waals surface area (Å²) in [6.45, 7) is 0. The fourth-order valence-electron chi connectivity index (χ4n) is 1.58. The van der Waals surface area contributed by atoms with E-state index in [0.717, 1.165) is 6.07 Å². The summed E-state index contributed by atoms with van der Waals surface area (Å²) in [6.07, 6.45) is 2.66. The first-order chi connectivity index (χ1) is 9.31. The van der Waals surface area contributed by atoms with Gasteiger partial charge in [-0.3, -0.25) is 4.72 Å². The topological polar surface area (TPSA) is 90.0 Å². The van der Waals surface area contributed by atoms with Crippen molar-refractivity contribution in [3.8, 4) is 0 Å². The Morgan fingerprint density at radius 2 is 2.20 bits per heavy atom. The van der Waals surface area contributed by atoms with Gasteiger partial charge < -0.3 is 10.3 Å². The molecule has 20 heavy (non-hydrogen) atoms. The summed E-state index contributed by atoms with van der Waals surface area (Å²) in [4.78, 5) is 3.50. The first-order valence-electron chi connectivity index (χ1n) is 5.40. The molecule has 3 N–H and O–H groups in total. The molecule has 6 nitrogen and oxygen atoms in total. The lowest BCUT2D eigenvalue weighted by Gasteiger charge is -2.11. The van der Waals surface area contributed by atoms with Crippen molar-refractivity contribution in [1.82, 2.24) is 9.55 Å². The number of aromatic nitrogens is 2. The van der Waals surface area contributed by atoms with Gasteiger partial charge in [-0.05, 0) is 12.1 Å². The van der Waals surface area contributed by atoms with Crippen LogP contribution < -0.4 is 10.5 Å². The second kappa shape index (κ2) is 5.17. The van der Waals surface area contributed by atoms with Crippen molar-refractivity contribution in [2.24, 2.45) is 12.8 Å². The molecule has 106 valence electrons. The van der Waals surface area contributed by atoms with Crippen molar-refractivity contribution in [2.45, 2.75) is 5.03 Å². The highest BCUT2D eigenvalue weighted by atomic mass is 32.2. The maximum atomic E-state index is 13.7. The molecule has 0 atom stereocenters. The molecule has 1 heterocycles. The zero-order valence-corrected chi connectivity index (χ0v) is 12.0. The molecule has 0 fully saturated rings. The van der Waals surface area contributed by atoms with Crippen molar-refractivity contribution in [2.75, 3.05) is 4.72 Å². The summed E-state index contributed by atoms with van der Waals surface area (Å²) in [5.74, 6) is -0.696. The number of halogens is 1. The fraction of sp³-hybridized carbons (Fsp3) is 0.0909. The number of anilines is 1. The molecule has 0 unspecified atom stereocenters. The normalized spacial score (nSPS) is 11.3. The van der Waals surface area contributed by atoms with E-state index in [0.29, 0.717) is 0 Å². The van der Waals surface area contributed by atoms with E-state index < -0.39 is 15.8 Å². The van der Waals surface area contributed by atoms with Crippen LogP contribution in [0.4, 0.5) is 10.1 Å². The summed E-state index contributed by atoms with van der Waals surface area (Å²) in [6, 6.07) is 3.87. The van der Waals surface area contributed by atoms with Crippen molar-refractivity contribution in [1.29, 1.82) is 0 Å². The lowest BCUT2D eigenvalue weighted by Crippen LogP contribution is -2.19. The lowest BCUT2D eigenvalue weighted by molar-refractivity contribution is 0.598. The summed E-state index contributed by atoms with van der Waals surface area (Å²) < 4.78 is 41.6. The molecular formula is C11H11FN4O2S2. The Kier molecular flexibility index (Phi) is 3.73. The second-order valence-corrected chi connectivity index (χ2v) is 6.08. The van der Waals surface area contributed by atoms with Crippen LogP contribution in [0, 0.1) is 5.82 Å². The van der Waals surface area contributed by atoms with Gasteiger partial charge in [-0.1, -0.05) is 18.3 Å². The first kappa shape index (κ1) is 14.4. The predicted molar refractivity (Wildman–Crippen MR) is 76.3 cm³/mol. The number of thiocarbonyl (C=S) groups is 1. The van der Waals surface area contributed by atoms with Gasteiger partial charge in [0, 0.05) is 13.2 Å². The number of imidazole rings is 1. The third kappa shape index (κ3) is 2.78. The Morgan fingerprint density at radius 3 is 2.75 bits per heavy atom. The van der Waals surface area contributed by atoms with Crippen LogP contribution in [-0.4, -0.2) is 23.0 Å². The van der Waals surface area contributed by atoms with E-state index in [2.05, 4.69) is 9.71 Å². The van der Waals surface area contributed by atoms with Gasteiger partial charge >= 0.3 is 0 Å². The highest BCUT2D eigenvalue weighted by molar-refractivity contribution is 7.92. The Hall–Kier alpha value is -2.00. The first-order valence-corrected chi connectivity index (χ1v) is 7.29. The minimum absolute atomic E-state index is 0.0249. The van der Waals surface area contributed by atoms with E-state index in [4.69, 9.17) is 18.0 Å². The number of nitrogens with one attached hydrogen (secondary N) is 1. The molecular weight excluding hydrogens is 303 g/mol. The fourth-order valence-corrected chi connectivity index (χ4v) is 2.85. The van der Waals surface area contributed by atoms with Crippen LogP contribution >= 0.6 is 12.2 Å². The van der Waals surface area contributed by atoms with Gasteiger partial charge in [0.25, 0.3) is 10.0 Å². The molecule has 1 aromatic carbocycles. The van der Waals surface area contributed by atoms with Crippen LogP contribution in [0.3, 0.4) is 0 Å². The second-order valence-electron chi connectivity index (χ2n) is 4.01. The molecule has 2 aromatic rings. The van der Waals surface area contributed by atoms with E-state index >= 15 is 0 Å². The SMILES string of the molecule is Cn1cnc(S(=O)(=O)Nc2cccc(F)c2C(N)=S)c1. The number of hydrogen-bond acceptors (Lipinski definition) is 4. The van der Waals surface area contributed by atoms with Crippen LogP contribution in [0.25, 0.3) is 0 Å². The van der Waals surface area contributed by atoms with E-state index in [1.54, 1.807) is 7.05 Å². The molecule has 2 rings (SSSR count). The lowest BCUT2D eigenvalue weighted by atomic mass is 10.2. The van der Waals surface area contributed by atoms with Crippen LogP contribution in [0.1, 0.15) is 5.56 Å². The van der Waals surface area contributed by atoms with E-state index in [1.807, 2.05) is 0 Å². The Morgan fingerprint density at radius 1 is 1.50 bits per heavy atom. The summed E-state index contributed by atoms with van der Waals surface area (Å²) >= 11 is 4.73. The largest absolute Gasteiger partial charge is 0.389 e. The highest BCUT2D eigenvalue weighted by Crippen LogP contribution is 2.21. The number of aryl methyl sites for hydroxylation is 1. The van der Waals surface area contributed by atoms with E-state index in [-0.39, 0.29) is 21.3 Å². The minimum atomic E-state index is -3.93. The molecule has 0 bridgehead atoms. The van der Waals surface area contributed by atoms with Gasteiger partial charge in [-0.2, -0.15) is 8.42 Å². The third-order valence-electron chi connectivity index (χ3n) is 2.46. The third-order valence-corrected chi connectivity index (χ3v) is 3.92. The average molecular weight is 314 g/mol. The Labute approximate surface area is 120 Å². The zero-order valence-electron chi connectivity index (χ0n) is 10.4. The number of benzene rings is 1. The predicted octanol–water partition coefficient (Wildman–Crippen LogP) is 0.994. The summed E-state index contributed by atoms with van der Waals surface area (Å²) in [5.41, 5.74) is 5.24. The van der Waals surface area contributed by atoms with Crippen molar-refractivity contribution < 1.29 is 12.8 Å². The van der Waals surface area contributed by atoms with Crippen LogP contribution in [0.5, 0.6) is 0 Å². The Balaban J connectivity index is 2.45. The molecule has 0 amide bonds. The number of nitrogens with zero attached hydrogens (tertiary/aromatic N) is 2. The maximum Gasteiger partial charge on any atom is 0.280 e. The molecule has 0 saturated heterocycles. The van der Waals surface area contributed by atoms with Gasteiger partial charge in [-0.15, -0.1) is 0 Å². The van der Waals surface area contributed by atoms with Crippen molar-refractivity contribution in [3.05, 3.63) is 42.1 Å². The summed E-state index contributed by atoms with van der Waals surface area (Å²) in [7, 11) is -2.30. The number of sulfonamides is 1. The molecule has 0 aliphatic heterocycles. The number of rotatable bonds is 4. The van der Waals surface area contributed by atoms with Crippen molar-refractivity contribution >= 4 is 32.9 Å². The molecule has 0 aliphatic carbocycles. The number of nitrogens with two attached hydrogens (primary N) is 1. The van der Waals surface area contributed by atoms with Gasteiger partial charge in [0.1, 0.15) is 10.8 Å². The van der Waals surface area contributed by atoms with Crippen LogP contribution in [0.15, 0.2) is 35.7 Å². The van der Waals surface area contributed by atoms with Gasteiger partial charge in [0.2, 0.25) is 0 Å². The van der Waals surface area contributed by atoms with Gasteiger partial charge in [-0.25, -0.2) is 9.37 Å². The average Bonchev–Trinajstić information content (AvgIpc) is 2.75. The monoisotopic (exact) mass is 314 g/mol. The smallest absolute Gasteiger partial charge is 0.280 e. The summed E-state index contributed by atoms with van der Waals surface area (Å²) in [5, 5.41) is -0.182. The molecule has 0 radical (unpaired) electrons. The van der Waals surface area contributed by atoms with Gasteiger partial charge in [0.15, 0.2) is 5.03 Å². The molecule has 0 aliphatic rings. The minimum Gasteiger partial charge on any atom is -0.389 e. The Bertz CT molecular complexity index is 770. The number of hydrogen-bond donors (Lipinski definition) is 2. The van der Waals surface area contributed by atoms with Crippen LogP contribution in [0.2, 0.25) is 0 Å². The molecule has 0 spiro atoms. The van der Waals surface area contributed by atoms with E-state index in [1.165, 1.54) is 29.2 Å². The van der Waals surface area contributed by atoms with Crippen molar-refractivity contribution in [3.63, 3.8) is 0 Å². The molecule has 1 aromatic heterocycles. The quantitative estimate of drug-likeness (QED) is 0.822. The maximum absolute atomic E-state index is 13.7. The van der Waals surface area contributed by atoms with Gasteiger partial charge in [0.05, 0.1) is 17.6 Å². The van der Waals surface area contributed by atoms with Crippen LogP contribution in [-0.2, 0) is 17.1 Å². The molecule has 0 saturated carbocycles. The highest BCUT2D eigenvalue weighted by Gasteiger charge is 2.20. The molecule has 9 heteroatoms. The zero-order chi connectivity index (χ0) is 14.9. The van der Waals surface area contributed by atoms with E-state index in [9.17, 15) is 12.8 Å².